The Kier molecular flexibility index (Phi) is 7.62. The third-order valence-corrected chi connectivity index (χ3v) is 4.13. The summed E-state index contributed by atoms with van der Waals surface area (Å²) < 4.78 is 10.9. The summed E-state index contributed by atoms with van der Waals surface area (Å²) in [6, 6.07) is 9.17. The zero-order valence-corrected chi connectivity index (χ0v) is 16.6. The van der Waals surface area contributed by atoms with Crippen molar-refractivity contribution in [2.24, 2.45) is 0 Å². The molecular weight excluding hydrogens is 348 g/mol. The number of ether oxygens (including phenoxy) is 2. The predicted octanol–water partition coefficient (Wildman–Crippen LogP) is 3.56. The van der Waals surface area contributed by atoms with Crippen molar-refractivity contribution in [1.29, 1.82) is 0 Å². The molecule has 1 saturated heterocycles. The molecule has 2 rings (SSSR count). The van der Waals surface area contributed by atoms with E-state index in [1.807, 2.05) is 37.3 Å². The number of carbonyl (C=O) groups is 2. The van der Waals surface area contributed by atoms with E-state index in [1.54, 1.807) is 20.8 Å². The Hall–Kier alpha value is -2.12. The number of benzene rings is 1. The van der Waals surface area contributed by atoms with Crippen molar-refractivity contribution in [2.45, 2.75) is 64.9 Å². The maximum atomic E-state index is 12.7. The summed E-state index contributed by atoms with van der Waals surface area (Å²) in [5.41, 5.74) is 2.65. The Morgan fingerprint density at radius 1 is 1.26 bits per heavy atom. The standard InChI is InChI=1S/C20H30N2O5/c1-15(16-10-6-5-7-11-16)22(19(24)26-20(2,3)4)14-17(23)21-27-18-12-8-9-13-25-18/h5-7,10-11,15,18H,8-9,12-14H2,1-4H3,(H,21,23)/t15-,18?/m0/s1. The Labute approximate surface area is 160 Å². The number of hydroxylamine groups is 1. The van der Waals surface area contributed by atoms with Crippen molar-refractivity contribution >= 4 is 12.0 Å². The molecule has 0 aromatic heterocycles. The summed E-state index contributed by atoms with van der Waals surface area (Å²) in [5.74, 6) is -0.433. The number of carbonyl (C=O) groups excluding carboxylic acids is 2. The Morgan fingerprint density at radius 3 is 2.56 bits per heavy atom. The summed E-state index contributed by atoms with van der Waals surface area (Å²) in [6.45, 7) is 7.67. The molecule has 1 aliphatic rings. The molecule has 0 bridgehead atoms. The van der Waals surface area contributed by atoms with Crippen LogP contribution in [0.5, 0.6) is 0 Å². The molecule has 150 valence electrons. The average molecular weight is 378 g/mol. The van der Waals surface area contributed by atoms with E-state index in [0.29, 0.717) is 6.61 Å². The fourth-order valence-corrected chi connectivity index (χ4v) is 2.71. The van der Waals surface area contributed by atoms with Gasteiger partial charge in [-0.3, -0.25) is 9.69 Å². The van der Waals surface area contributed by atoms with Crippen molar-refractivity contribution in [1.82, 2.24) is 10.4 Å². The normalized spacial score (nSPS) is 18.4. The van der Waals surface area contributed by atoms with Gasteiger partial charge in [-0.1, -0.05) is 30.3 Å². The second-order valence-corrected chi connectivity index (χ2v) is 7.63. The summed E-state index contributed by atoms with van der Waals surface area (Å²) in [5, 5.41) is 0. The molecule has 1 aliphatic heterocycles. The molecule has 0 spiro atoms. The van der Waals surface area contributed by atoms with Crippen molar-refractivity contribution < 1.29 is 23.9 Å². The molecule has 2 atom stereocenters. The largest absolute Gasteiger partial charge is 0.444 e. The number of nitrogens with one attached hydrogen (secondary N) is 1. The molecule has 7 nitrogen and oxygen atoms in total. The lowest BCUT2D eigenvalue weighted by atomic mass is 10.1. The molecule has 0 radical (unpaired) electrons. The highest BCUT2D eigenvalue weighted by atomic mass is 16.8. The number of hydrogen-bond donors (Lipinski definition) is 1. The second kappa shape index (κ2) is 9.71. The first kappa shape index (κ1) is 21.2. The number of amides is 2. The first-order valence-electron chi connectivity index (χ1n) is 9.37. The zero-order chi connectivity index (χ0) is 19.9. The van der Waals surface area contributed by atoms with Crippen LogP contribution in [0.2, 0.25) is 0 Å². The van der Waals surface area contributed by atoms with Gasteiger partial charge in [0.1, 0.15) is 12.1 Å². The summed E-state index contributed by atoms with van der Waals surface area (Å²) in [4.78, 5) is 31.7. The van der Waals surface area contributed by atoms with E-state index in [0.717, 1.165) is 24.8 Å². The predicted molar refractivity (Wildman–Crippen MR) is 101 cm³/mol. The second-order valence-electron chi connectivity index (χ2n) is 7.63. The lowest BCUT2D eigenvalue weighted by molar-refractivity contribution is -0.200. The molecule has 1 aromatic carbocycles. The molecule has 27 heavy (non-hydrogen) atoms. The Morgan fingerprint density at radius 2 is 1.96 bits per heavy atom. The SMILES string of the molecule is C[C@@H](c1ccccc1)N(CC(=O)NOC1CCCCO1)C(=O)OC(C)(C)C. The third kappa shape index (κ3) is 7.19. The lowest BCUT2D eigenvalue weighted by Gasteiger charge is -2.31. The van der Waals surface area contributed by atoms with E-state index in [-0.39, 0.29) is 12.6 Å². The Bertz CT molecular complexity index is 609. The minimum atomic E-state index is -0.658. The van der Waals surface area contributed by atoms with Gasteiger partial charge < -0.3 is 9.47 Å². The number of hydrogen-bond acceptors (Lipinski definition) is 5. The van der Waals surface area contributed by atoms with Gasteiger partial charge in [-0.25, -0.2) is 15.1 Å². The molecule has 2 amide bonds. The minimum absolute atomic E-state index is 0.183. The molecule has 1 unspecified atom stereocenters. The van der Waals surface area contributed by atoms with E-state index in [9.17, 15) is 9.59 Å². The zero-order valence-electron chi connectivity index (χ0n) is 16.6. The van der Waals surface area contributed by atoms with Crippen LogP contribution in [0, 0.1) is 0 Å². The van der Waals surface area contributed by atoms with Crippen LogP contribution in [-0.4, -0.2) is 41.9 Å². The van der Waals surface area contributed by atoms with Crippen molar-refractivity contribution in [2.75, 3.05) is 13.2 Å². The van der Waals surface area contributed by atoms with Crippen LogP contribution >= 0.6 is 0 Å². The van der Waals surface area contributed by atoms with E-state index in [4.69, 9.17) is 14.3 Å². The van der Waals surface area contributed by atoms with Crippen molar-refractivity contribution in [3.8, 4) is 0 Å². The van der Waals surface area contributed by atoms with Crippen LogP contribution in [0.3, 0.4) is 0 Å². The van der Waals surface area contributed by atoms with Gasteiger partial charge in [0.05, 0.1) is 6.04 Å². The van der Waals surface area contributed by atoms with Gasteiger partial charge in [0.15, 0.2) is 6.29 Å². The smallest absolute Gasteiger partial charge is 0.411 e. The van der Waals surface area contributed by atoms with E-state index in [1.165, 1.54) is 4.90 Å². The summed E-state index contributed by atoms with van der Waals surface area (Å²) in [7, 11) is 0. The van der Waals surface area contributed by atoms with Gasteiger partial charge in [0.25, 0.3) is 5.91 Å². The van der Waals surface area contributed by atoms with Crippen LogP contribution in [0.4, 0.5) is 4.79 Å². The monoisotopic (exact) mass is 378 g/mol. The fourth-order valence-electron chi connectivity index (χ4n) is 2.71. The molecule has 1 N–H and O–H groups in total. The Balaban J connectivity index is 2.02. The molecule has 0 saturated carbocycles. The average Bonchev–Trinajstić information content (AvgIpc) is 2.64. The van der Waals surface area contributed by atoms with Crippen LogP contribution in [0.15, 0.2) is 30.3 Å². The molecule has 1 heterocycles. The summed E-state index contributed by atoms with van der Waals surface area (Å²) in [6.07, 6.45) is 1.73. The van der Waals surface area contributed by atoms with Crippen molar-refractivity contribution in [3.63, 3.8) is 0 Å². The lowest BCUT2D eigenvalue weighted by Crippen LogP contribution is -2.45. The molecule has 1 fully saturated rings. The van der Waals surface area contributed by atoms with Crippen molar-refractivity contribution in [3.05, 3.63) is 35.9 Å². The van der Waals surface area contributed by atoms with Gasteiger partial charge in [0, 0.05) is 13.0 Å². The summed E-state index contributed by atoms with van der Waals surface area (Å²) >= 11 is 0. The minimum Gasteiger partial charge on any atom is -0.444 e. The van der Waals surface area contributed by atoms with Crippen LogP contribution in [-0.2, 0) is 19.1 Å². The van der Waals surface area contributed by atoms with Gasteiger partial charge in [-0.2, -0.15) is 0 Å². The molecular formula is C20H30N2O5. The maximum absolute atomic E-state index is 12.7. The maximum Gasteiger partial charge on any atom is 0.411 e. The number of nitrogens with zero attached hydrogens (tertiary/aromatic N) is 1. The molecule has 0 aliphatic carbocycles. The van der Waals surface area contributed by atoms with E-state index < -0.39 is 23.9 Å². The van der Waals surface area contributed by atoms with E-state index in [2.05, 4.69) is 5.48 Å². The quantitative estimate of drug-likeness (QED) is 0.766. The van der Waals surface area contributed by atoms with Crippen LogP contribution in [0.1, 0.15) is 58.6 Å². The molecule has 1 aromatic rings. The van der Waals surface area contributed by atoms with Gasteiger partial charge in [-0.05, 0) is 46.1 Å². The van der Waals surface area contributed by atoms with Crippen LogP contribution < -0.4 is 5.48 Å². The first-order valence-corrected chi connectivity index (χ1v) is 9.37. The topological polar surface area (TPSA) is 77.1 Å². The van der Waals surface area contributed by atoms with Crippen LogP contribution in [0.25, 0.3) is 0 Å². The third-order valence-electron chi connectivity index (χ3n) is 4.13. The highest BCUT2D eigenvalue weighted by Gasteiger charge is 2.29. The van der Waals surface area contributed by atoms with Gasteiger partial charge in [0.2, 0.25) is 0 Å². The number of rotatable bonds is 6. The fraction of sp³-hybridized carbons (Fsp3) is 0.600. The van der Waals surface area contributed by atoms with Gasteiger partial charge in [-0.15, -0.1) is 0 Å². The van der Waals surface area contributed by atoms with E-state index >= 15 is 0 Å². The highest BCUT2D eigenvalue weighted by Crippen LogP contribution is 2.22. The van der Waals surface area contributed by atoms with Gasteiger partial charge >= 0.3 is 6.09 Å². The highest BCUT2D eigenvalue weighted by molar-refractivity contribution is 5.81. The molecule has 7 heteroatoms. The first-order chi connectivity index (χ1) is 12.8.